The van der Waals surface area contributed by atoms with Crippen LogP contribution in [0.2, 0.25) is 0 Å². The number of nitrogens with one attached hydrogen (secondary N) is 1. The summed E-state index contributed by atoms with van der Waals surface area (Å²) in [6.45, 7) is -3.72. The molecule has 9 nitrogen and oxygen atoms in total. The Bertz CT molecular complexity index is 1200. The van der Waals surface area contributed by atoms with Gasteiger partial charge in [0.25, 0.3) is 11.8 Å². The molecule has 0 spiro atoms. The fraction of sp³-hybridized carbons (Fsp3) is 0.261. The van der Waals surface area contributed by atoms with Gasteiger partial charge in [-0.05, 0) is 36.4 Å². The molecule has 0 fully saturated rings. The standard InChI is InChI=1S/C23H23F4N5O4/c24-16-6-8-17(9-7-16)32-19(28)18(12-30-32)20(34)29-13-22(36,23(25,26)27)14-31(10-11-33)21(35)15-4-2-1-3-5-15/h1-9,12,33,36H,10-11,13-14,28H2,(H,29,34). The summed E-state index contributed by atoms with van der Waals surface area (Å²) in [6.07, 6.45) is -4.24. The Morgan fingerprint density at radius 3 is 2.31 bits per heavy atom. The molecule has 0 bridgehead atoms. The summed E-state index contributed by atoms with van der Waals surface area (Å²) in [7, 11) is 0. The first-order chi connectivity index (χ1) is 17.0. The van der Waals surface area contributed by atoms with Gasteiger partial charge >= 0.3 is 6.18 Å². The molecule has 3 aromatic rings. The first-order valence-corrected chi connectivity index (χ1v) is 10.6. The van der Waals surface area contributed by atoms with Gasteiger partial charge in [-0.3, -0.25) is 9.59 Å². The summed E-state index contributed by atoms with van der Waals surface area (Å²) in [5.74, 6) is -2.65. The van der Waals surface area contributed by atoms with Crippen LogP contribution in [0.5, 0.6) is 0 Å². The monoisotopic (exact) mass is 509 g/mol. The molecule has 0 aliphatic rings. The molecule has 0 saturated carbocycles. The molecular weight excluding hydrogens is 486 g/mol. The zero-order valence-electron chi connectivity index (χ0n) is 18.7. The quantitative estimate of drug-likeness (QED) is 0.325. The number of hydrogen-bond acceptors (Lipinski definition) is 6. The van der Waals surface area contributed by atoms with Gasteiger partial charge in [0.15, 0.2) is 5.60 Å². The topological polar surface area (TPSA) is 134 Å². The smallest absolute Gasteiger partial charge is 0.395 e. The van der Waals surface area contributed by atoms with Crippen LogP contribution >= 0.6 is 0 Å². The van der Waals surface area contributed by atoms with Crippen molar-refractivity contribution in [2.45, 2.75) is 11.8 Å². The van der Waals surface area contributed by atoms with Crippen molar-refractivity contribution < 1.29 is 37.4 Å². The van der Waals surface area contributed by atoms with Crippen molar-refractivity contribution >= 4 is 17.6 Å². The molecule has 2 amide bonds. The van der Waals surface area contributed by atoms with Crippen molar-refractivity contribution in [1.82, 2.24) is 20.0 Å². The molecule has 3 rings (SSSR count). The van der Waals surface area contributed by atoms with E-state index in [9.17, 15) is 37.4 Å². The number of hydrogen-bond donors (Lipinski definition) is 4. The molecule has 192 valence electrons. The van der Waals surface area contributed by atoms with Gasteiger partial charge in [0.05, 0.1) is 31.6 Å². The molecule has 0 saturated heterocycles. The lowest BCUT2D eigenvalue weighted by molar-refractivity contribution is -0.260. The van der Waals surface area contributed by atoms with E-state index in [-0.39, 0.29) is 16.9 Å². The molecule has 1 aromatic heterocycles. The first-order valence-electron chi connectivity index (χ1n) is 10.6. The number of aromatic nitrogens is 2. The van der Waals surface area contributed by atoms with Gasteiger partial charge in [-0.1, -0.05) is 18.2 Å². The second kappa shape index (κ2) is 10.7. The largest absolute Gasteiger partial charge is 0.420 e. The molecule has 0 radical (unpaired) electrons. The highest BCUT2D eigenvalue weighted by molar-refractivity contribution is 5.98. The molecule has 1 atom stereocenters. The zero-order chi connectivity index (χ0) is 26.5. The summed E-state index contributed by atoms with van der Waals surface area (Å²) in [5.41, 5.74) is 2.43. The molecule has 0 aliphatic carbocycles. The average molecular weight is 509 g/mol. The summed E-state index contributed by atoms with van der Waals surface area (Å²) < 4.78 is 55.9. The third-order valence-electron chi connectivity index (χ3n) is 5.32. The van der Waals surface area contributed by atoms with Crippen molar-refractivity contribution in [3.05, 3.63) is 77.7 Å². The van der Waals surface area contributed by atoms with Crippen LogP contribution < -0.4 is 11.1 Å². The average Bonchev–Trinajstić information content (AvgIpc) is 3.23. The van der Waals surface area contributed by atoms with Gasteiger partial charge in [0.2, 0.25) is 0 Å². The maximum absolute atomic E-state index is 13.9. The second-order valence-corrected chi connectivity index (χ2v) is 7.86. The minimum atomic E-state index is -5.26. The fourth-order valence-electron chi connectivity index (χ4n) is 3.34. The second-order valence-electron chi connectivity index (χ2n) is 7.86. The Kier molecular flexibility index (Phi) is 7.95. The molecule has 1 heterocycles. The maximum atomic E-state index is 13.9. The fourth-order valence-corrected chi connectivity index (χ4v) is 3.34. The van der Waals surface area contributed by atoms with Crippen LogP contribution in [-0.2, 0) is 0 Å². The van der Waals surface area contributed by atoms with Crippen molar-refractivity contribution in [3.8, 4) is 5.69 Å². The lowest BCUT2D eigenvalue weighted by atomic mass is 10.0. The minimum Gasteiger partial charge on any atom is -0.395 e. The van der Waals surface area contributed by atoms with Crippen LogP contribution in [-0.4, -0.2) is 74.7 Å². The summed E-state index contributed by atoms with van der Waals surface area (Å²) >= 11 is 0. The number of nitrogens with zero attached hydrogens (tertiary/aromatic N) is 3. The van der Waals surface area contributed by atoms with Crippen molar-refractivity contribution in [1.29, 1.82) is 0 Å². The number of aliphatic hydroxyl groups is 2. The van der Waals surface area contributed by atoms with Gasteiger partial charge in [0, 0.05) is 12.1 Å². The summed E-state index contributed by atoms with van der Waals surface area (Å²) in [6, 6.07) is 12.3. The van der Waals surface area contributed by atoms with Crippen LogP contribution in [0.4, 0.5) is 23.4 Å². The number of benzene rings is 2. The molecule has 0 aliphatic heterocycles. The van der Waals surface area contributed by atoms with E-state index in [1.165, 1.54) is 36.4 Å². The van der Waals surface area contributed by atoms with Crippen LogP contribution in [0.25, 0.3) is 5.69 Å². The van der Waals surface area contributed by atoms with Gasteiger partial charge in [-0.25, -0.2) is 9.07 Å². The highest BCUT2D eigenvalue weighted by Crippen LogP contribution is 2.31. The normalized spacial score (nSPS) is 13.2. The molecular formula is C23H23F4N5O4. The lowest BCUT2D eigenvalue weighted by Gasteiger charge is -2.35. The summed E-state index contributed by atoms with van der Waals surface area (Å²) in [5, 5.41) is 25.7. The summed E-state index contributed by atoms with van der Waals surface area (Å²) in [4.78, 5) is 26.0. The number of aliphatic hydroxyl groups excluding tert-OH is 1. The van der Waals surface area contributed by atoms with Gasteiger partial charge < -0.3 is 26.2 Å². The number of alkyl halides is 3. The number of nitrogen functional groups attached to an aromatic ring is 1. The van der Waals surface area contributed by atoms with Gasteiger partial charge in [-0.2, -0.15) is 18.3 Å². The minimum absolute atomic E-state index is 0.0560. The van der Waals surface area contributed by atoms with E-state index < -0.39 is 55.7 Å². The predicted molar refractivity (Wildman–Crippen MR) is 121 cm³/mol. The van der Waals surface area contributed by atoms with Crippen LogP contribution in [0.3, 0.4) is 0 Å². The highest BCUT2D eigenvalue weighted by Gasteiger charge is 2.55. The number of nitrogens with two attached hydrogens (primary N) is 1. The first kappa shape index (κ1) is 26.6. The van der Waals surface area contributed by atoms with Crippen LogP contribution in [0.1, 0.15) is 20.7 Å². The number of carbonyl (C=O) groups excluding carboxylic acids is 2. The Morgan fingerprint density at radius 2 is 1.72 bits per heavy atom. The molecule has 36 heavy (non-hydrogen) atoms. The van der Waals surface area contributed by atoms with E-state index in [0.29, 0.717) is 10.6 Å². The number of rotatable bonds is 9. The number of amides is 2. The van der Waals surface area contributed by atoms with E-state index in [1.54, 1.807) is 6.07 Å². The predicted octanol–water partition coefficient (Wildman–Crippen LogP) is 1.75. The Labute approximate surface area is 202 Å². The number of carbonyl (C=O) groups is 2. The van der Waals surface area contributed by atoms with E-state index in [2.05, 4.69) is 5.10 Å². The Balaban J connectivity index is 1.79. The zero-order valence-corrected chi connectivity index (χ0v) is 18.7. The van der Waals surface area contributed by atoms with Crippen molar-refractivity contribution in [3.63, 3.8) is 0 Å². The van der Waals surface area contributed by atoms with E-state index >= 15 is 0 Å². The molecule has 2 aromatic carbocycles. The van der Waals surface area contributed by atoms with Gasteiger partial charge in [-0.15, -0.1) is 0 Å². The number of halogens is 4. The highest BCUT2D eigenvalue weighted by atomic mass is 19.4. The van der Waals surface area contributed by atoms with E-state index in [0.717, 1.165) is 23.0 Å². The Hall–Kier alpha value is -3.97. The molecule has 5 N–H and O–H groups in total. The maximum Gasteiger partial charge on any atom is 0.420 e. The SMILES string of the molecule is Nc1c(C(=O)NCC(O)(CN(CCO)C(=O)c2ccccc2)C(F)(F)F)cnn1-c1ccc(F)cc1. The van der Waals surface area contributed by atoms with Gasteiger partial charge in [0.1, 0.15) is 17.2 Å². The Morgan fingerprint density at radius 1 is 1.08 bits per heavy atom. The van der Waals surface area contributed by atoms with Crippen molar-refractivity contribution in [2.75, 3.05) is 32.0 Å². The molecule has 13 heteroatoms. The van der Waals surface area contributed by atoms with E-state index in [4.69, 9.17) is 5.73 Å². The molecule has 1 unspecified atom stereocenters. The number of anilines is 1. The van der Waals surface area contributed by atoms with E-state index in [1.807, 2.05) is 5.32 Å². The third-order valence-corrected chi connectivity index (χ3v) is 5.32. The van der Waals surface area contributed by atoms with Crippen molar-refractivity contribution in [2.24, 2.45) is 0 Å². The lowest BCUT2D eigenvalue weighted by Crippen LogP contribution is -2.60. The van der Waals surface area contributed by atoms with Crippen LogP contribution in [0, 0.1) is 5.82 Å². The third kappa shape index (κ3) is 5.80. The van der Waals surface area contributed by atoms with Crippen LogP contribution in [0.15, 0.2) is 60.8 Å².